The zero-order valence-electron chi connectivity index (χ0n) is 18.9. The first-order valence-electron chi connectivity index (χ1n) is 10.8. The van der Waals surface area contributed by atoms with E-state index in [0.717, 1.165) is 46.4 Å². The fourth-order valence-electron chi connectivity index (χ4n) is 3.77. The second-order valence-corrected chi connectivity index (χ2v) is 8.54. The molecule has 0 radical (unpaired) electrons. The Morgan fingerprint density at radius 1 is 1.18 bits per heavy atom. The third-order valence-electron chi connectivity index (χ3n) is 5.59. The molecule has 0 aliphatic heterocycles. The van der Waals surface area contributed by atoms with Crippen LogP contribution in [0.4, 0.5) is 0 Å². The van der Waals surface area contributed by atoms with Crippen LogP contribution in [0.2, 0.25) is 0 Å². The molecule has 0 fully saturated rings. The van der Waals surface area contributed by atoms with Crippen LogP contribution in [0.15, 0.2) is 78.7 Å². The Balaban J connectivity index is 1.67. The molecule has 0 atom stereocenters. The van der Waals surface area contributed by atoms with Crippen molar-refractivity contribution in [2.24, 2.45) is 0 Å². The Hall–Kier alpha value is -3.64. The van der Waals surface area contributed by atoms with Gasteiger partial charge in [0.25, 0.3) is 5.91 Å². The number of methoxy groups -OCH3 is 1. The quantitative estimate of drug-likeness (QED) is 0.325. The molecular formula is C27H27N3O2S. The molecule has 5 nitrogen and oxygen atoms in total. The number of aromatic nitrogens is 2. The number of benzene rings is 2. The summed E-state index contributed by atoms with van der Waals surface area (Å²) in [5.41, 5.74) is 5.70. The van der Waals surface area contributed by atoms with Crippen LogP contribution in [0, 0.1) is 6.92 Å². The standard InChI is InChI=1S/C27H27N3O2S/c1-4-15-28-26(31)23-17-25(24-18-33-27(29-24)21-8-6-5-7-9-21)30(19(23)2)16-14-20-10-12-22(32-3)13-11-20/h4-13,17-18H,1,14-16H2,2-3H3,(H,28,31). The van der Waals surface area contributed by atoms with Gasteiger partial charge in [-0.3, -0.25) is 4.79 Å². The van der Waals surface area contributed by atoms with Crippen LogP contribution < -0.4 is 10.1 Å². The predicted molar refractivity (Wildman–Crippen MR) is 135 cm³/mol. The van der Waals surface area contributed by atoms with E-state index in [1.54, 1.807) is 24.5 Å². The number of aryl methyl sites for hydroxylation is 1. The minimum absolute atomic E-state index is 0.102. The van der Waals surface area contributed by atoms with Crippen molar-refractivity contribution in [2.75, 3.05) is 13.7 Å². The average molecular weight is 458 g/mol. The minimum Gasteiger partial charge on any atom is -0.497 e. The predicted octanol–water partition coefficient (Wildman–Crippen LogP) is 5.75. The number of hydrogen-bond donors (Lipinski definition) is 1. The van der Waals surface area contributed by atoms with E-state index >= 15 is 0 Å². The Bertz CT molecular complexity index is 1240. The highest BCUT2D eigenvalue weighted by molar-refractivity contribution is 7.13. The van der Waals surface area contributed by atoms with Crippen LogP contribution in [0.5, 0.6) is 5.75 Å². The van der Waals surface area contributed by atoms with Gasteiger partial charge in [0, 0.05) is 29.7 Å². The number of thiazole rings is 1. The molecule has 0 aliphatic rings. The first-order valence-corrected chi connectivity index (χ1v) is 11.7. The minimum atomic E-state index is -0.102. The molecule has 6 heteroatoms. The van der Waals surface area contributed by atoms with Gasteiger partial charge in [-0.1, -0.05) is 48.5 Å². The summed E-state index contributed by atoms with van der Waals surface area (Å²) in [6.45, 7) is 6.85. The van der Waals surface area contributed by atoms with Gasteiger partial charge in [-0.05, 0) is 37.1 Å². The lowest BCUT2D eigenvalue weighted by atomic mass is 10.1. The fraction of sp³-hybridized carbons (Fsp3) is 0.185. The molecule has 0 spiro atoms. The van der Waals surface area contributed by atoms with Gasteiger partial charge in [-0.2, -0.15) is 0 Å². The maximum Gasteiger partial charge on any atom is 0.253 e. The molecule has 2 aromatic heterocycles. The van der Waals surface area contributed by atoms with Crippen LogP contribution in [-0.2, 0) is 13.0 Å². The molecule has 0 aliphatic carbocycles. The van der Waals surface area contributed by atoms with Crippen molar-refractivity contribution in [1.82, 2.24) is 14.9 Å². The van der Waals surface area contributed by atoms with Crippen molar-refractivity contribution < 1.29 is 9.53 Å². The lowest BCUT2D eigenvalue weighted by molar-refractivity contribution is 0.0957. The van der Waals surface area contributed by atoms with Gasteiger partial charge >= 0.3 is 0 Å². The first kappa shape index (κ1) is 22.6. The average Bonchev–Trinajstić information content (AvgIpc) is 3.47. The molecule has 168 valence electrons. The van der Waals surface area contributed by atoms with Crippen LogP contribution in [-0.4, -0.2) is 29.1 Å². The molecule has 1 amide bonds. The maximum atomic E-state index is 12.8. The summed E-state index contributed by atoms with van der Waals surface area (Å²) in [6, 6.07) is 20.2. The van der Waals surface area contributed by atoms with Crippen molar-refractivity contribution >= 4 is 17.2 Å². The largest absolute Gasteiger partial charge is 0.497 e. The number of carbonyl (C=O) groups excluding carboxylic acids is 1. The van der Waals surface area contributed by atoms with Gasteiger partial charge in [-0.15, -0.1) is 17.9 Å². The molecule has 0 saturated carbocycles. The van der Waals surface area contributed by atoms with E-state index < -0.39 is 0 Å². The topological polar surface area (TPSA) is 56.2 Å². The fourth-order valence-corrected chi connectivity index (χ4v) is 4.59. The summed E-state index contributed by atoms with van der Waals surface area (Å²) in [7, 11) is 1.67. The normalized spacial score (nSPS) is 10.7. The second-order valence-electron chi connectivity index (χ2n) is 7.68. The Morgan fingerprint density at radius 3 is 2.64 bits per heavy atom. The summed E-state index contributed by atoms with van der Waals surface area (Å²) in [5, 5.41) is 5.92. The number of hydrogen-bond acceptors (Lipinski definition) is 4. The summed E-state index contributed by atoms with van der Waals surface area (Å²) < 4.78 is 7.46. The summed E-state index contributed by atoms with van der Waals surface area (Å²) in [4.78, 5) is 17.7. The van der Waals surface area contributed by atoms with Gasteiger partial charge in [0.2, 0.25) is 0 Å². The van der Waals surface area contributed by atoms with Gasteiger partial charge < -0.3 is 14.6 Å². The molecule has 0 saturated heterocycles. The highest BCUT2D eigenvalue weighted by Crippen LogP contribution is 2.31. The van der Waals surface area contributed by atoms with Crippen molar-refractivity contribution in [3.05, 3.63) is 95.5 Å². The van der Waals surface area contributed by atoms with E-state index in [4.69, 9.17) is 9.72 Å². The zero-order chi connectivity index (χ0) is 23.2. The van der Waals surface area contributed by atoms with E-state index in [1.165, 1.54) is 5.56 Å². The number of nitrogens with one attached hydrogen (secondary N) is 1. The Kier molecular flexibility index (Phi) is 7.05. The number of rotatable bonds is 9. The summed E-state index contributed by atoms with van der Waals surface area (Å²) >= 11 is 1.61. The number of carbonyl (C=O) groups is 1. The number of ether oxygens (including phenoxy) is 1. The van der Waals surface area contributed by atoms with E-state index in [-0.39, 0.29) is 5.91 Å². The van der Waals surface area contributed by atoms with Gasteiger partial charge in [0.15, 0.2) is 0 Å². The van der Waals surface area contributed by atoms with Crippen molar-refractivity contribution in [3.63, 3.8) is 0 Å². The van der Waals surface area contributed by atoms with E-state index in [9.17, 15) is 4.79 Å². The van der Waals surface area contributed by atoms with Crippen molar-refractivity contribution in [3.8, 4) is 27.7 Å². The summed E-state index contributed by atoms with van der Waals surface area (Å²) in [6.07, 6.45) is 2.51. The van der Waals surface area contributed by atoms with E-state index in [0.29, 0.717) is 12.1 Å². The second kappa shape index (κ2) is 10.3. The number of amides is 1. The van der Waals surface area contributed by atoms with Gasteiger partial charge in [-0.25, -0.2) is 4.98 Å². The van der Waals surface area contributed by atoms with Crippen LogP contribution in [0.1, 0.15) is 21.6 Å². The lowest BCUT2D eigenvalue weighted by Gasteiger charge is -2.11. The van der Waals surface area contributed by atoms with Crippen LogP contribution in [0.3, 0.4) is 0 Å². The lowest BCUT2D eigenvalue weighted by Crippen LogP contribution is -2.23. The zero-order valence-corrected chi connectivity index (χ0v) is 19.7. The maximum absolute atomic E-state index is 12.8. The molecular weight excluding hydrogens is 430 g/mol. The molecule has 0 bridgehead atoms. The number of nitrogens with zero attached hydrogens (tertiary/aromatic N) is 2. The van der Waals surface area contributed by atoms with Crippen LogP contribution >= 0.6 is 11.3 Å². The van der Waals surface area contributed by atoms with E-state index in [2.05, 4.69) is 46.1 Å². The van der Waals surface area contributed by atoms with E-state index in [1.807, 2.05) is 43.3 Å². The molecule has 4 aromatic rings. The molecule has 0 unspecified atom stereocenters. The highest BCUT2D eigenvalue weighted by Gasteiger charge is 2.20. The molecule has 2 aromatic carbocycles. The van der Waals surface area contributed by atoms with Crippen LogP contribution in [0.25, 0.3) is 22.0 Å². The molecule has 1 N–H and O–H groups in total. The molecule has 4 rings (SSSR count). The smallest absolute Gasteiger partial charge is 0.253 e. The Labute approximate surface area is 198 Å². The molecule has 33 heavy (non-hydrogen) atoms. The van der Waals surface area contributed by atoms with Crippen molar-refractivity contribution in [2.45, 2.75) is 19.9 Å². The molecule has 2 heterocycles. The van der Waals surface area contributed by atoms with Crippen molar-refractivity contribution in [1.29, 1.82) is 0 Å². The SMILES string of the molecule is C=CCNC(=O)c1cc(-c2csc(-c3ccccc3)n2)n(CCc2ccc(OC)cc2)c1C. The van der Waals surface area contributed by atoms with Gasteiger partial charge in [0.05, 0.1) is 24.1 Å². The Morgan fingerprint density at radius 2 is 1.94 bits per heavy atom. The monoisotopic (exact) mass is 457 g/mol. The first-order chi connectivity index (χ1) is 16.1. The highest BCUT2D eigenvalue weighted by atomic mass is 32.1. The van der Waals surface area contributed by atoms with Gasteiger partial charge in [0.1, 0.15) is 10.8 Å². The summed E-state index contributed by atoms with van der Waals surface area (Å²) in [5.74, 6) is 0.740. The third-order valence-corrected chi connectivity index (χ3v) is 6.48. The third kappa shape index (κ3) is 5.07.